The van der Waals surface area contributed by atoms with E-state index in [1.165, 1.54) is 0 Å². The normalized spacial score (nSPS) is 12.6. The number of nitrogens with one attached hydrogen (secondary N) is 3. The Bertz CT molecular complexity index is 1170. The molecule has 0 amide bonds. The Kier molecular flexibility index (Phi) is 7.09. The molecule has 33 heavy (non-hydrogen) atoms. The fourth-order valence-electron chi connectivity index (χ4n) is 4.14. The summed E-state index contributed by atoms with van der Waals surface area (Å²) in [5.74, 6) is 0.217. The number of carbonyl (C=O) groups is 1. The number of benzene rings is 1. The molecule has 1 atom stereocenters. The molecule has 0 aliphatic carbocycles. The van der Waals surface area contributed by atoms with Crippen LogP contribution < -0.4 is 16.0 Å². The number of anilines is 3. The average Bonchev–Trinajstić information content (AvgIpc) is 3.08. The van der Waals surface area contributed by atoms with Crippen molar-refractivity contribution in [2.45, 2.75) is 45.9 Å². The van der Waals surface area contributed by atoms with Crippen molar-refractivity contribution in [1.29, 1.82) is 0 Å². The summed E-state index contributed by atoms with van der Waals surface area (Å²) in [6, 6.07) is 7.36. The molecule has 0 bridgehead atoms. The molecule has 0 spiro atoms. The predicted octanol–water partition coefficient (Wildman–Crippen LogP) is 5.44. The van der Waals surface area contributed by atoms with Crippen molar-refractivity contribution < 1.29 is 14.6 Å². The van der Waals surface area contributed by atoms with Gasteiger partial charge >= 0.3 is 5.97 Å². The zero-order chi connectivity index (χ0) is 24.5. The van der Waals surface area contributed by atoms with Crippen molar-refractivity contribution in [2.24, 2.45) is 0 Å². The highest BCUT2D eigenvalue weighted by atomic mass is 35.5. The van der Waals surface area contributed by atoms with Gasteiger partial charge in [0.2, 0.25) is 0 Å². The Morgan fingerprint density at radius 2 is 1.79 bits per heavy atom. The van der Waals surface area contributed by atoms with Gasteiger partial charge in [0.25, 0.3) is 0 Å². The molecule has 0 saturated carbocycles. The smallest absolute Gasteiger partial charge is 0.337 e. The summed E-state index contributed by atoms with van der Waals surface area (Å²) in [5.41, 5.74) is 2.86. The van der Waals surface area contributed by atoms with Crippen LogP contribution in [0.2, 0.25) is 5.02 Å². The second-order valence-electron chi connectivity index (χ2n) is 8.62. The number of aliphatic carboxylic acids is 1. The van der Waals surface area contributed by atoms with Gasteiger partial charge in [-0.15, -0.1) is 0 Å². The van der Waals surface area contributed by atoms with Gasteiger partial charge < -0.3 is 30.4 Å². The molecule has 0 fully saturated rings. The Morgan fingerprint density at radius 1 is 1.15 bits per heavy atom. The highest BCUT2D eigenvalue weighted by molar-refractivity contribution is 6.30. The number of rotatable bonds is 8. The van der Waals surface area contributed by atoms with Crippen LogP contribution in [0.1, 0.15) is 39.4 Å². The maximum absolute atomic E-state index is 12.5. The summed E-state index contributed by atoms with van der Waals surface area (Å²) in [6.45, 7) is 8.22. The number of hydrogen-bond donors (Lipinski definition) is 4. The SMILES string of the molecule is CCn1c(NC)c(NC)c2c(-c3ccc(Cl)cc3)c([C@@H](OC(C)(C)C)C(=O)O)c(NC)nc21. The number of ether oxygens (including phenoxy) is 1. The number of pyridine rings is 1. The monoisotopic (exact) mass is 473 g/mol. The fourth-order valence-corrected chi connectivity index (χ4v) is 4.26. The number of carboxylic acid groups (broad SMARTS) is 1. The van der Waals surface area contributed by atoms with Gasteiger partial charge in [-0.05, 0) is 45.4 Å². The van der Waals surface area contributed by atoms with E-state index < -0.39 is 17.7 Å². The van der Waals surface area contributed by atoms with Crippen molar-refractivity contribution in [1.82, 2.24) is 9.55 Å². The Labute approximate surface area is 199 Å². The van der Waals surface area contributed by atoms with Crippen LogP contribution in [0.25, 0.3) is 22.2 Å². The molecule has 1 aromatic carbocycles. The summed E-state index contributed by atoms with van der Waals surface area (Å²) in [7, 11) is 5.43. The second-order valence-corrected chi connectivity index (χ2v) is 9.06. The van der Waals surface area contributed by atoms with Crippen molar-refractivity contribution >= 4 is 45.9 Å². The lowest BCUT2D eigenvalue weighted by Gasteiger charge is -2.28. The summed E-state index contributed by atoms with van der Waals surface area (Å²) in [4.78, 5) is 17.4. The Hall–Kier alpha value is -2.97. The van der Waals surface area contributed by atoms with Crippen molar-refractivity contribution in [3.8, 4) is 11.1 Å². The topological polar surface area (TPSA) is 100 Å². The number of fused-ring (bicyclic) bond motifs is 1. The summed E-state index contributed by atoms with van der Waals surface area (Å²) < 4.78 is 8.14. The van der Waals surface area contributed by atoms with Gasteiger partial charge in [-0.3, -0.25) is 0 Å². The molecule has 178 valence electrons. The van der Waals surface area contributed by atoms with E-state index in [0.29, 0.717) is 22.9 Å². The van der Waals surface area contributed by atoms with E-state index in [1.54, 1.807) is 19.2 Å². The van der Waals surface area contributed by atoms with E-state index in [1.807, 2.05) is 53.9 Å². The minimum Gasteiger partial charge on any atom is -0.479 e. The molecule has 2 heterocycles. The minimum absolute atomic E-state index is 0.446. The highest BCUT2D eigenvalue weighted by Gasteiger charge is 2.35. The maximum Gasteiger partial charge on any atom is 0.337 e. The van der Waals surface area contributed by atoms with Crippen LogP contribution >= 0.6 is 11.6 Å². The van der Waals surface area contributed by atoms with Gasteiger partial charge in [-0.25, -0.2) is 9.78 Å². The third-order valence-electron chi connectivity index (χ3n) is 5.36. The molecular formula is C24H32ClN5O3. The zero-order valence-electron chi connectivity index (χ0n) is 20.1. The van der Waals surface area contributed by atoms with Crippen molar-refractivity contribution in [2.75, 3.05) is 37.1 Å². The number of nitrogens with zero attached hydrogens (tertiary/aromatic N) is 2. The molecular weight excluding hydrogens is 442 g/mol. The molecule has 0 saturated heterocycles. The average molecular weight is 474 g/mol. The first-order chi connectivity index (χ1) is 15.6. The predicted molar refractivity (Wildman–Crippen MR) is 136 cm³/mol. The van der Waals surface area contributed by atoms with Gasteiger partial charge in [0.1, 0.15) is 17.3 Å². The van der Waals surface area contributed by atoms with Crippen LogP contribution in [0.15, 0.2) is 24.3 Å². The lowest BCUT2D eigenvalue weighted by atomic mass is 9.93. The van der Waals surface area contributed by atoms with Crippen LogP contribution in [0.4, 0.5) is 17.3 Å². The summed E-state index contributed by atoms with van der Waals surface area (Å²) in [6.07, 6.45) is -1.25. The molecule has 0 aliphatic rings. The van der Waals surface area contributed by atoms with E-state index in [4.69, 9.17) is 21.3 Å². The van der Waals surface area contributed by atoms with E-state index in [-0.39, 0.29) is 0 Å². The first kappa shape index (κ1) is 24.7. The number of carboxylic acids is 1. The third-order valence-corrected chi connectivity index (χ3v) is 5.61. The van der Waals surface area contributed by atoms with Gasteiger partial charge in [0.05, 0.1) is 16.7 Å². The second kappa shape index (κ2) is 9.49. The number of hydrogen-bond acceptors (Lipinski definition) is 6. The first-order valence-electron chi connectivity index (χ1n) is 10.9. The largest absolute Gasteiger partial charge is 0.479 e. The van der Waals surface area contributed by atoms with E-state index in [0.717, 1.165) is 33.7 Å². The lowest BCUT2D eigenvalue weighted by molar-refractivity contribution is -0.160. The van der Waals surface area contributed by atoms with Crippen molar-refractivity contribution in [3.05, 3.63) is 34.9 Å². The molecule has 9 heteroatoms. The first-order valence-corrected chi connectivity index (χ1v) is 11.3. The fraction of sp³-hybridized carbons (Fsp3) is 0.417. The number of aryl methyl sites for hydroxylation is 1. The molecule has 8 nitrogen and oxygen atoms in total. The van der Waals surface area contributed by atoms with Gasteiger partial charge in [0, 0.05) is 43.8 Å². The van der Waals surface area contributed by atoms with E-state index in [9.17, 15) is 9.90 Å². The maximum atomic E-state index is 12.5. The van der Waals surface area contributed by atoms with E-state index in [2.05, 4.69) is 20.5 Å². The standard InChI is InChI=1S/C24H32ClN5O3/c1-8-30-21-16(18(26-5)22(30)28-7)15(13-9-11-14(25)12-10-13)17(20(27-6)29-21)19(23(31)32)33-24(2,3)4/h9-12,19,26,28H,8H2,1-7H3,(H,27,29)(H,31,32)/t19-/m1/s1. The Morgan fingerprint density at radius 3 is 2.24 bits per heavy atom. The molecule has 0 aliphatic heterocycles. The van der Waals surface area contributed by atoms with Crippen LogP contribution in [0, 0.1) is 0 Å². The van der Waals surface area contributed by atoms with Gasteiger partial charge in [0.15, 0.2) is 6.10 Å². The minimum atomic E-state index is -1.25. The van der Waals surface area contributed by atoms with Crippen LogP contribution in [-0.4, -0.2) is 47.4 Å². The highest BCUT2D eigenvalue weighted by Crippen LogP contribution is 2.47. The summed E-state index contributed by atoms with van der Waals surface area (Å²) >= 11 is 6.18. The molecule has 4 N–H and O–H groups in total. The molecule has 0 unspecified atom stereocenters. The molecule has 3 rings (SSSR count). The van der Waals surface area contributed by atoms with Gasteiger partial charge in [-0.1, -0.05) is 23.7 Å². The lowest BCUT2D eigenvalue weighted by Crippen LogP contribution is -2.28. The van der Waals surface area contributed by atoms with Crippen LogP contribution in [-0.2, 0) is 16.1 Å². The van der Waals surface area contributed by atoms with E-state index >= 15 is 0 Å². The quantitative estimate of drug-likeness (QED) is 0.345. The third kappa shape index (κ3) is 4.58. The summed E-state index contributed by atoms with van der Waals surface area (Å²) in [5, 5.41) is 21.3. The Balaban J connectivity index is 2.58. The number of aromatic nitrogens is 2. The van der Waals surface area contributed by atoms with Crippen molar-refractivity contribution in [3.63, 3.8) is 0 Å². The molecule has 3 aromatic rings. The molecule has 0 radical (unpaired) electrons. The van der Waals surface area contributed by atoms with Gasteiger partial charge in [-0.2, -0.15) is 0 Å². The zero-order valence-corrected chi connectivity index (χ0v) is 20.9. The van der Waals surface area contributed by atoms with Crippen LogP contribution in [0.5, 0.6) is 0 Å². The molecule has 2 aromatic heterocycles. The number of halogens is 1. The van der Waals surface area contributed by atoms with Crippen LogP contribution in [0.3, 0.4) is 0 Å².